The van der Waals surface area contributed by atoms with Gasteiger partial charge < -0.3 is 4.74 Å². The topological polar surface area (TPSA) is 70.8 Å². The molecule has 1 saturated heterocycles. The molecule has 5 saturated carbocycles. The first-order valence-electron chi connectivity index (χ1n) is 10.9. The van der Waals surface area contributed by atoms with Crippen LogP contribution < -0.4 is 0 Å². The third-order valence-corrected chi connectivity index (χ3v) is 8.27. The second kappa shape index (κ2) is 6.00. The van der Waals surface area contributed by atoms with E-state index in [1.807, 2.05) is 12.1 Å². The average molecular weight is 385 g/mol. The first-order valence-corrected chi connectivity index (χ1v) is 10.9. The van der Waals surface area contributed by atoms with Crippen LogP contribution in [0.1, 0.15) is 69.3 Å². The van der Waals surface area contributed by atoms with Gasteiger partial charge in [-0.15, -0.1) is 0 Å². The summed E-state index contributed by atoms with van der Waals surface area (Å²) in [7, 11) is 0. The Balaban J connectivity index is 1.15. The lowest BCUT2D eigenvalue weighted by atomic mass is 9.53. The van der Waals surface area contributed by atoms with Crippen LogP contribution in [0.15, 0.2) is 24.3 Å². The van der Waals surface area contributed by atoms with E-state index < -0.39 is 11.6 Å². The number of rotatable bonds is 2. The molecule has 6 nitrogen and oxygen atoms in total. The van der Waals surface area contributed by atoms with Crippen molar-refractivity contribution in [3.8, 4) is 0 Å². The van der Waals surface area contributed by atoms with E-state index in [0.29, 0.717) is 17.8 Å². The summed E-state index contributed by atoms with van der Waals surface area (Å²) in [5.41, 5.74) is 1.32. The van der Waals surface area contributed by atoms with E-state index in [4.69, 9.17) is 14.5 Å². The highest BCUT2D eigenvalue weighted by Crippen LogP contribution is 2.64. The van der Waals surface area contributed by atoms with E-state index >= 15 is 0 Å². The molecule has 0 atom stereocenters. The monoisotopic (exact) mass is 385 g/mol. The zero-order valence-electron chi connectivity index (χ0n) is 16.0. The summed E-state index contributed by atoms with van der Waals surface area (Å²) in [6.07, 6.45) is 9.90. The van der Waals surface area contributed by atoms with Gasteiger partial charge in [0.05, 0.1) is 4.92 Å². The summed E-state index contributed by atoms with van der Waals surface area (Å²) < 4.78 is 6.76. The van der Waals surface area contributed by atoms with Crippen LogP contribution >= 0.6 is 0 Å². The molecule has 0 N–H and O–H groups in total. The van der Waals surface area contributed by atoms with Crippen LogP contribution in [0.3, 0.4) is 0 Å². The van der Waals surface area contributed by atoms with Crippen molar-refractivity contribution in [2.75, 3.05) is 0 Å². The minimum absolute atomic E-state index is 0.149. The molecule has 1 aliphatic heterocycles. The number of nitro benzene ring substituents is 1. The maximum atomic E-state index is 10.9. The Morgan fingerprint density at radius 3 is 2.07 bits per heavy atom. The molecule has 150 valence electrons. The lowest BCUT2D eigenvalue weighted by Crippen LogP contribution is -2.59. The first-order chi connectivity index (χ1) is 13.6. The molecule has 1 aromatic rings. The number of benzene rings is 1. The van der Waals surface area contributed by atoms with Gasteiger partial charge in [0.15, 0.2) is 0 Å². The van der Waals surface area contributed by atoms with Gasteiger partial charge in [-0.05, 0) is 68.3 Å². The molecule has 0 aromatic heterocycles. The van der Waals surface area contributed by atoms with E-state index in [1.54, 1.807) is 12.1 Å². The maximum absolute atomic E-state index is 10.9. The fraction of sp³-hybridized carbons (Fsp3) is 0.727. The quantitative estimate of drug-likeness (QED) is 0.403. The Labute approximate surface area is 164 Å². The molecular weight excluding hydrogens is 358 g/mol. The zero-order valence-corrected chi connectivity index (χ0v) is 16.0. The van der Waals surface area contributed by atoms with Crippen LogP contribution in [-0.4, -0.2) is 16.5 Å². The molecule has 0 unspecified atom stereocenters. The third-order valence-electron chi connectivity index (χ3n) is 8.27. The van der Waals surface area contributed by atoms with Crippen molar-refractivity contribution < 1.29 is 19.4 Å². The molecule has 7 rings (SSSR count). The number of nitrogens with zero attached hydrogens (tertiary/aromatic N) is 1. The van der Waals surface area contributed by atoms with E-state index in [2.05, 4.69) is 0 Å². The molecule has 0 amide bonds. The number of non-ortho nitro benzene ring substituents is 1. The van der Waals surface area contributed by atoms with Crippen molar-refractivity contribution in [1.29, 1.82) is 0 Å². The second-order valence-electron chi connectivity index (χ2n) is 9.83. The fourth-order valence-electron chi connectivity index (χ4n) is 7.05. The van der Waals surface area contributed by atoms with Gasteiger partial charge in [-0.25, -0.2) is 0 Å². The van der Waals surface area contributed by atoms with Gasteiger partial charge in [0.2, 0.25) is 11.6 Å². The van der Waals surface area contributed by atoms with Gasteiger partial charge in [-0.3, -0.25) is 10.1 Å². The number of nitro groups is 1. The third kappa shape index (κ3) is 2.50. The molecule has 5 aliphatic carbocycles. The number of hydrogen-bond acceptors (Lipinski definition) is 5. The Morgan fingerprint density at radius 2 is 1.50 bits per heavy atom. The molecule has 6 fully saturated rings. The zero-order chi connectivity index (χ0) is 18.9. The number of ether oxygens (including phenoxy) is 1. The van der Waals surface area contributed by atoms with E-state index in [0.717, 1.165) is 37.5 Å². The summed E-state index contributed by atoms with van der Waals surface area (Å²) in [6, 6.07) is 7.00. The molecule has 1 aromatic carbocycles. The predicted molar refractivity (Wildman–Crippen MR) is 100 cm³/mol. The van der Waals surface area contributed by atoms with Crippen molar-refractivity contribution in [2.24, 2.45) is 23.7 Å². The Morgan fingerprint density at radius 1 is 0.893 bits per heavy atom. The van der Waals surface area contributed by atoms with E-state index in [1.165, 1.54) is 37.7 Å². The predicted octanol–water partition coefficient (Wildman–Crippen LogP) is 5.08. The summed E-state index contributed by atoms with van der Waals surface area (Å²) in [6.45, 7) is 0. The Bertz CT molecular complexity index is 755. The molecule has 2 spiro atoms. The first kappa shape index (κ1) is 17.4. The molecule has 6 aliphatic rings. The SMILES string of the molecule is O=[N+]([O-])c1ccc(C2CCC3(CC2)OOC2(O3)C3CC4CC(C3)CC2C4)cc1. The fourth-order valence-corrected chi connectivity index (χ4v) is 7.05. The maximum Gasteiger partial charge on any atom is 0.269 e. The minimum Gasteiger partial charge on any atom is -0.312 e. The molecule has 0 radical (unpaired) electrons. The molecule has 4 bridgehead atoms. The van der Waals surface area contributed by atoms with Gasteiger partial charge in [-0.2, -0.15) is 9.78 Å². The Hall–Kier alpha value is -1.50. The van der Waals surface area contributed by atoms with Crippen molar-refractivity contribution in [3.05, 3.63) is 39.9 Å². The highest BCUT2D eigenvalue weighted by molar-refractivity contribution is 5.34. The van der Waals surface area contributed by atoms with E-state index in [-0.39, 0.29) is 10.6 Å². The minimum atomic E-state index is -0.591. The lowest BCUT2D eigenvalue weighted by Gasteiger charge is -2.57. The van der Waals surface area contributed by atoms with Gasteiger partial charge in [0.1, 0.15) is 0 Å². The average Bonchev–Trinajstić information content (AvgIpc) is 3.06. The van der Waals surface area contributed by atoms with Crippen molar-refractivity contribution in [1.82, 2.24) is 0 Å². The highest BCUT2D eigenvalue weighted by Gasteiger charge is 2.66. The smallest absolute Gasteiger partial charge is 0.269 e. The highest BCUT2D eigenvalue weighted by atomic mass is 17.3. The Kier molecular flexibility index (Phi) is 3.72. The van der Waals surface area contributed by atoms with Crippen molar-refractivity contribution >= 4 is 5.69 Å². The molecule has 1 heterocycles. The molecule has 6 heteroatoms. The number of hydrogen-bond donors (Lipinski definition) is 0. The summed E-state index contributed by atoms with van der Waals surface area (Å²) >= 11 is 0. The van der Waals surface area contributed by atoms with Gasteiger partial charge in [0.25, 0.3) is 5.69 Å². The molecule has 28 heavy (non-hydrogen) atoms. The van der Waals surface area contributed by atoms with Crippen LogP contribution in [0, 0.1) is 33.8 Å². The normalized spacial score (nSPS) is 46.5. The molecular formula is C22H27NO5. The van der Waals surface area contributed by atoms with Crippen LogP contribution in [0.2, 0.25) is 0 Å². The van der Waals surface area contributed by atoms with Crippen molar-refractivity contribution in [2.45, 2.75) is 75.3 Å². The summed E-state index contributed by atoms with van der Waals surface area (Å²) in [5, 5.41) is 10.9. The second-order valence-corrected chi connectivity index (χ2v) is 9.83. The largest absolute Gasteiger partial charge is 0.312 e. The van der Waals surface area contributed by atoms with Gasteiger partial charge in [0, 0.05) is 36.8 Å². The standard InChI is InChI=1S/C22H27NO5/c24-23(25)20-3-1-16(2-4-20)17-5-7-21(8-6-17)26-22(28-27-21)18-10-14-9-15(12-18)13-19(22)11-14/h1-4,14-15,17-19H,5-13H2. The van der Waals surface area contributed by atoms with Crippen LogP contribution in [0.5, 0.6) is 0 Å². The van der Waals surface area contributed by atoms with Gasteiger partial charge in [-0.1, -0.05) is 12.1 Å². The summed E-state index contributed by atoms with van der Waals surface area (Å²) in [5.74, 6) is 2.05. The van der Waals surface area contributed by atoms with E-state index in [9.17, 15) is 10.1 Å². The van der Waals surface area contributed by atoms with Crippen LogP contribution in [-0.2, 0) is 14.5 Å². The van der Waals surface area contributed by atoms with Crippen LogP contribution in [0.4, 0.5) is 5.69 Å². The lowest BCUT2D eigenvalue weighted by molar-refractivity contribution is -0.390. The van der Waals surface area contributed by atoms with Crippen molar-refractivity contribution in [3.63, 3.8) is 0 Å². The van der Waals surface area contributed by atoms with Crippen LogP contribution in [0.25, 0.3) is 0 Å². The summed E-state index contributed by atoms with van der Waals surface area (Å²) in [4.78, 5) is 22.6. The van der Waals surface area contributed by atoms with Gasteiger partial charge >= 0.3 is 0 Å².